The van der Waals surface area contributed by atoms with Crippen LogP contribution in [0.1, 0.15) is 51.3 Å². The van der Waals surface area contributed by atoms with E-state index < -0.39 is 28.8 Å². The molecule has 0 atom stereocenters. The van der Waals surface area contributed by atoms with Crippen molar-refractivity contribution in [2.75, 3.05) is 0 Å². The van der Waals surface area contributed by atoms with Gasteiger partial charge < -0.3 is 4.74 Å². The van der Waals surface area contributed by atoms with Gasteiger partial charge in [-0.3, -0.25) is 5.10 Å². The quantitative estimate of drug-likeness (QED) is 0.506. The first-order valence-corrected chi connectivity index (χ1v) is 9.28. The number of nitrogens with one attached hydrogen (secondary N) is 1. The molecule has 1 aromatic heterocycles. The molecule has 0 bridgehead atoms. The maximum Gasteiger partial charge on any atom is 0.573 e. The van der Waals surface area contributed by atoms with Gasteiger partial charge >= 0.3 is 6.36 Å². The van der Waals surface area contributed by atoms with Crippen molar-refractivity contribution >= 4 is 10.9 Å². The van der Waals surface area contributed by atoms with Gasteiger partial charge in [-0.15, -0.1) is 13.2 Å². The van der Waals surface area contributed by atoms with E-state index in [0.717, 1.165) is 22.5 Å². The summed E-state index contributed by atoms with van der Waals surface area (Å²) in [5.41, 5.74) is 1.59. The van der Waals surface area contributed by atoms with Gasteiger partial charge in [0.1, 0.15) is 0 Å². The summed E-state index contributed by atoms with van der Waals surface area (Å²) >= 11 is 0. The Morgan fingerprint density at radius 1 is 1.00 bits per heavy atom. The van der Waals surface area contributed by atoms with E-state index in [-0.39, 0.29) is 5.56 Å². The van der Waals surface area contributed by atoms with Crippen molar-refractivity contribution < 1.29 is 22.3 Å². The molecule has 7 heteroatoms. The molecule has 0 spiro atoms. The molecule has 29 heavy (non-hydrogen) atoms. The molecule has 0 aliphatic rings. The van der Waals surface area contributed by atoms with Crippen molar-refractivity contribution in [2.45, 2.75) is 58.2 Å². The fourth-order valence-corrected chi connectivity index (χ4v) is 3.48. The van der Waals surface area contributed by atoms with Crippen LogP contribution in [0.25, 0.3) is 10.9 Å². The van der Waals surface area contributed by atoms with Crippen LogP contribution in [-0.4, -0.2) is 16.6 Å². The van der Waals surface area contributed by atoms with E-state index in [0.29, 0.717) is 12.0 Å². The maximum absolute atomic E-state index is 14.7. The first-order chi connectivity index (χ1) is 13.3. The van der Waals surface area contributed by atoms with E-state index >= 15 is 0 Å². The van der Waals surface area contributed by atoms with Crippen molar-refractivity contribution in [3.05, 3.63) is 59.0 Å². The number of nitrogens with zero attached hydrogens (tertiary/aromatic N) is 1. The van der Waals surface area contributed by atoms with Crippen LogP contribution in [0.15, 0.2) is 36.5 Å². The predicted molar refractivity (Wildman–Crippen MR) is 105 cm³/mol. The molecule has 3 nitrogen and oxygen atoms in total. The van der Waals surface area contributed by atoms with Gasteiger partial charge in [0.05, 0.1) is 11.7 Å². The zero-order chi connectivity index (χ0) is 21.6. The van der Waals surface area contributed by atoms with Gasteiger partial charge in [-0.25, -0.2) is 4.39 Å². The van der Waals surface area contributed by atoms with Crippen molar-refractivity contribution in [3.8, 4) is 5.75 Å². The van der Waals surface area contributed by atoms with E-state index in [1.807, 2.05) is 32.0 Å². The number of halogens is 4. The lowest BCUT2D eigenvalue weighted by molar-refractivity contribution is -0.275. The van der Waals surface area contributed by atoms with Gasteiger partial charge in [-0.2, -0.15) is 5.10 Å². The number of alkyl halides is 3. The smallest absolute Gasteiger partial charge is 0.403 e. The number of aromatic nitrogens is 2. The van der Waals surface area contributed by atoms with Crippen LogP contribution in [0, 0.1) is 5.82 Å². The number of fused-ring (bicyclic) bond motifs is 1. The topological polar surface area (TPSA) is 37.9 Å². The monoisotopic (exact) mass is 408 g/mol. The van der Waals surface area contributed by atoms with Gasteiger partial charge in [-0.1, -0.05) is 46.8 Å². The van der Waals surface area contributed by atoms with Crippen LogP contribution in [0.5, 0.6) is 5.75 Å². The Kier molecular flexibility index (Phi) is 5.13. The Morgan fingerprint density at radius 2 is 1.69 bits per heavy atom. The highest BCUT2D eigenvalue weighted by atomic mass is 19.4. The first kappa shape index (κ1) is 21.1. The van der Waals surface area contributed by atoms with Crippen LogP contribution in [0.3, 0.4) is 0 Å². The van der Waals surface area contributed by atoms with E-state index in [1.165, 1.54) is 0 Å². The summed E-state index contributed by atoms with van der Waals surface area (Å²) in [7, 11) is 0. The van der Waals surface area contributed by atoms with Crippen LogP contribution in [-0.2, 0) is 17.3 Å². The van der Waals surface area contributed by atoms with Gasteiger partial charge in [0.2, 0.25) is 0 Å². The van der Waals surface area contributed by atoms with Crippen LogP contribution in [0.4, 0.5) is 17.6 Å². The average molecular weight is 408 g/mol. The summed E-state index contributed by atoms with van der Waals surface area (Å²) in [6.07, 6.45) is -2.83. The standard InChI is InChI=1S/C22H24F4N2O/c1-20(2,3)16-8-13(9-18(19(16)23)29-22(24,25)26)11-21(4,5)15-6-7-17-14(10-15)12-27-28-17/h6-10,12H,11H2,1-5H3,(H,27,28). The molecule has 1 heterocycles. The lowest BCUT2D eigenvalue weighted by atomic mass is 9.77. The SMILES string of the molecule is CC(C)(C)c1cc(CC(C)(C)c2ccc3[nH]ncc3c2)cc(OC(F)(F)F)c1F. The summed E-state index contributed by atoms with van der Waals surface area (Å²) < 4.78 is 57.1. The molecule has 0 saturated carbocycles. The number of aromatic amines is 1. The molecule has 1 N–H and O–H groups in total. The summed E-state index contributed by atoms with van der Waals surface area (Å²) in [5, 5.41) is 7.86. The molecule has 0 aliphatic heterocycles. The van der Waals surface area contributed by atoms with E-state index in [2.05, 4.69) is 14.9 Å². The summed E-state index contributed by atoms with van der Waals surface area (Å²) in [5.74, 6) is -1.77. The predicted octanol–water partition coefficient (Wildman–Crippen LogP) is 6.42. The van der Waals surface area contributed by atoms with Crippen molar-refractivity contribution in [3.63, 3.8) is 0 Å². The van der Waals surface area contributed by atoms with Crippen molar-refractivity contribution in [1.29, 1.82) is 0 Å². The molecule has 0 amide bonds. The molecular formula is C22H24F4N2O. The van der Waals surface area contributed by atoms with Crippen LogP contribution < -0.4 is 4.74 Å². The molecule has 3 aromatic rings. The molecule has 156 valence electrons. The number of hydrogen-bond acceptors (Lipinski definition) is 2. The zero-order valence-corrected chi connectivity index (χ0v) is 17.0. The van der Waals surface area contributed by atoms with E-state index in [1.54, 1.807) is 33.0 Å². The summed E-state index contributed by atoms with van der Waals surface area (Å²) in [4.78, 5) is 0. The molecule has 0 unspecified atom stereocenters. The lowest BCUT2D eigenvalue weighted by Gasteiger charge is -2.28. The van der Waals surface area contributed by atoms with Gasteiger partial charge in [0.25, 0.3) is 0 Å². The van der Waals surface area contributed by atoms with E-state index in [4.69, 9.17) is 0 Å². The number of ether oxygens (including phenoxy) is 1. The number of H-pyrrole nitrogens is 1. The Bertz CT molecular complexity index is 1030. The molecule has 0 radical (unpaired) electrons. The minimum atomic E-state index is -4.96. The molecule has 0 saturated heterocycles. The number of hydrogen-bond donors (Lipinski definition) is 1. The number of benzene rings is 2. The highest BCUT2D eigenvalue weighted by Gasteiger charge is 2.34. The molecule has 2 aromatic carbocycles. The van der Waals surface area contributed by atoms with Crippen molar-refractivity contribution in [1.82, 2.24) is 10.2 Å². The Balaban J connectivity index is 2.03. The maximum atomic E-state index is 14.7. The van der Waals surface area contributed by atoms with Crippen LogP contribution >= 0.6 is 0 Å². The summed E-state index contributed by atoms with van der Waals surface area (Å²) in [6, 6.07) is 8.66. The Labute approximate surface area is 167 Å². The molecule has 3 rings (SSSR count). The van der Waals surface area contributed by atoms with Gasteiger partial charge in [0.15, 0.2) is 11.6 Å². The fourth-order valence-electron chi connectivity index (χ4n) is 3.48. The molecule has 0 aliphatic carbocycles. The molecule has 0 fully saturated rings. The van der Waals surface area contributed by atoms with Gasteiger partial charge in [0, 0.05) is 5.39 Å². The second kappa shape index (κ2) is 7.04. The minimum absolute atomic E-state index is 0.190. The zero-order valence-electron chi connectivity index (χ0n) is 17.0. The highest BCUT2D eigenvalue weighted by molar-refractivity contribution is 5.78. The van der Waals surface area contributed by atoms with Crippen molar-refractivity contribution in [2.24, 2.45) is 0 Å². The largest absolute Gasteiger partial charge is 0.573 e. The lowest BCUT2D eigenvalue weighted by Crippen LogP contribution is -2.23. The second-order valence-corrected chi connectivity index (χ2v) is 8.99. The third-order valence-corrected chi connectivity index (χ3v) is 5.00. The minimum Gasteiger partial charge on any atom is -0.403 e. The summed E-state index contributed by atoms with van der Waals surface area (Å²) in [6.45, 7) is 9.26. The fraction of sp³-hybridized carbons (Fsp3) is 0.409. The highest BCUT2D eigenvalue weighted by Crippen LogP contribution is 2.37. The number of rotatable bonds is 4. The average Bonchev–Trinajstić information content (AvgIpc) is 3.02. The van der Waals surface area contributed by atoms with E-state index in [9.17, 15) is 17.6 Å². The van der Waals surface area contributed by atoms with Gasteiger partial charge in [-0.05, 0) is 52.1 Å². The Morgan fingerprint density at radius 3 is 2.31 bits per heavy atom. The molecular weight excluding hydrogens is 384 g/mol. The van der Waals surface area contributed by atoms with Crippen LogP contribution in [0.2, 0.25) is 0 Å². The third kappa shape index (κ3) is 4.71. The normalized spacial score (nSPS) is 13.1. The second-order valence-electron chi connectivity index (χ2n) is 8.99. The first-order valence-electron chi connectivity index (χ1n) is 9.28. The third-order valence-electron chi connectivity index (χ3n) is 5.00. The Hall–Kier alpha value is -2.57.